The minimum absolute atomic E-state index is 0.511. The fraction of sp³-hybridized carbons (Fsp3) is 0.400. The van der Waals surface area contributed by atoms with Crippen LogP contribution in [0.25, 0.3) is 10.9 Å². The molecule has 118 valence electrons. The average molecular weight is 384 g/mol. The minimum atomic E-state index is -3.12. The van der Waals surface area contributed by atoms with Crippen molar-refractivity contribution in [2.75, 3.05) is 37.3 Å². The van der Waals surface area contributed by atoms with Crippen LogP contribution in [0.15, 0.2) is 34.8 Å². The van der Waals surface area contributed by atoms with E-state index < -0.39 is 10.0 Å². The number of sulfonamides is 1. The first kappa shape index (κ1) is 15.7. The summed E-state index contributed by atoms with van der Waals surface area (Å²) in [7, 11) is -3.12. The van der Waals surface area contributed by atoms with E-state index in [0.717, 1.165) is 34.2 Å². The van der Waals surface area contributed by atoms with Gasteiger partial charge in [0.25, 0.3) is 0 Å². The number of fused-ring (bicyclic) bond motifs is 1. The highest BCUT2D eigenvalue weighted by Crippen LogP contribution is 2.22. The molecule has 1 saturated heterocycles. The molecule has 0 N–H and O–H groups in total. The Morgan fingerprint density at radius 2 is 1.86 bits per heavy atom. The third-order valence-electron chi connectivity index (χ3n) is 3.89. The van der Waals surface area contributed by atoms with Crippen molar-refractivity contribution >= 4 is 42.7 Å². The molecule has 0 unspecified atom stereocenters. The highest BCUT2D eigenvalue weighted by Gasteiger charge is 2.21. The van der Waals surface area contributed by atoms with Crippen molar-refractivity contribution in [2.24, 2.45) is 0 Å². The molecular weight excluding hydrogens is 366 g/mol. The zero-order valence-corrected chi connectivity index (χ0v) is 14.8. The van der Waals surface area contributed by atoms with Gasteiger partial charge in [-0.15, -0.1) is 0 Å². The average Bonchev–Trinajstić information content (AvgIpc) is 2.72. The zero-order chi connectivity index (χ0) is 15.7. The van der Waals surface area contributed by atoms with Crippen LogP contribution in [0.5, 0.6) is 0 Å². The lowest BCUT2D eigenvalue weighted by Crippen LogP contribution is -2.34. The number of anilines is 1. The van der Waals surface area contributed by atoms with E-state index in [1.165, 1.54) is 6.26 Å². The predicted octanol–water partition coefficient (Wildman–Crippen LogP) is 2.47. The van der Waals surface area contributed by atoms with Crippen LogP contribution in [0.1, 0.15) is 6.42 Å². The van der Waals surface area contributed by atoms with Gasteiger partial charge in [0.2, 0.25) is 10.0 Å². The molecule has 3 rings (SSSR count). The fourth-order valence-corrected chi connectivity index (χ4v) is 3.93. The summed E-state index contributed by atoms with van der Waals surface area (Å²) in [5, 5.41) is 1.10. The van der Waals surface area contributed by atoms with Crippen molar-refractivity contribution in [1.82, 2.24) is 9.29 Å². The van der Waals surface area contributed by atoms with Crippen molar-refractivity contribution in [3.8, 4) is 0 Å². The van der Waals surface area contributed by atoms with Crippen LogP contribution in [0.3, 0.4) is 0 Å². The maximum Gasteiger partial charge on any atom is 0.211 e. The van der Waals surface area contributed by atoms with E-state index in [4.69, 9.17) is 4.98 Å². The number of nitrogens with zero attached hydrogens (tertiary/aromatic N) is 3. The normalized spacial score (nSPS) is 17.6. The van der Waals surface area contributed by atoms with Gasteiger partial charge >= 0.3 is 0 Å². The van der Waals surface area contributed by atoms with Crippen LogP contribution in [-0.2, 0) is 10.0 Å². The zero-order valence-electron chi connectivity index (χ0n) is 12.4. The molecule has 1 aliphatic rings. The number of rotatable bonds is 2. The Bertz CT molecular complexity index is 794. The van der Waals surface area contributed by atoms with Crippen LogP contribution in [0.2, 0.25) is 0 Å². The van der Waals surface area contributed by atoms with Crippen LogP contribution in [0, 0.1) is 0 Å². The van der Waals surface area contributed by atoms with Gasteiger partial charge in [0.1, 0.15) is 5.82 Å². The molecule has 0 amide bonds. The predicted molar refractivity (Wildman–Crippen MR) is 92.7 cm³/mol. The maximum absolute atomic E-state index is 11.7. The lowest BCUT2D eigenvalue weighted by Gasteiger charge is -2.22. The molecule has 2 aromatic rings. The van der Waals surface area contributed by atoms with Crippen LogP contribution >= 0.6 is 15.9 Å². The molecule has 0 bridgehead atoms. The van der Waals surface area contributed by atoms with Crippen LogP contribution in [0.4, 0.5) is 5.82 Å². The van der Waals surface area contributed by atoms with E-state index in [1.54, 1.807) is 4.31 Å². The smallest absolute Gasteiger partial charge is 0.211 e. The van der Waals surface area contributed by atoms with Gasteiger partial charge in [0.05, 0.1) is 11.8 Å². The Morgan fingerprint density at radius 3 is 2.64 bits per heavy atom. The van der Waals surface area contributed by atoms with Gasteiger partial charge in [-0.2, -0.15) is 0 Å². The van der Waals surface area contributed by atoms with Crippen molar-refractivity contribution in [3.63, 3.8) is 0 Å². The number of pyridine rings is 1. The summed E-state index contributed by atoms with van der Waals surface area (Å²) in [6.07, 6.45) is 2.08. The topological polar surface area (TPSA) is 53.5 Å². The van der Waals surface area contributed by atoms with E-state index in [1.807, 2.05) is 24.3 Å². The second-order valence-corrected chi connectivity index (χ2v) is 8.41. The lowest BCUT2D eigenvalue weighted by atomic mass is 10.2. The number of aromatic nitrogens is 1. The third-order valence-corrected chi connectivity index (χ3v) is 5.68. The van der Waals surface area contributed by atoms with Gasteiger partial charge in [0, 0.05) is 36.0 Å². The molecule has 0 radical (unpaired) electrons. The first-order valence-electron chi connectivity index (χ1n) is 7.20. The van der Waals surface area contributed by atoms with E-state index in [-0.39, 0.29) is 0 Å². The fourth-order valence-electron chi connectivity index (χ4n) is 2.71. The van der Waals surface area contributed by atoms with Crippen LogP contribution < -0.4 is 4.90 Å². The molecule has 1 aliphatic heterocycles. The summed E-state index contributed by atoms with van der Waals surface area (Å²) >= 11 is 3.47. The Labute approximate surface area is 139 Å². The van der Waals surface area contributed by atoms with E-state index in [0.29, 0.717) is 19.6 Å². The monoisotopic (exact) mass is 383 g/mol. The highest BCUT2D eigenvalue weighted by molar-refractivity contribution is 9.10. The van der Waals surface area contributed by atoms with Crippen molar-refractivity contribution in [3.05, 3.63) is 34.8 Å². The molecule has 1 aromatic heterocycles. The summed E-state index contributed by atoms with van der Waals surface area (Å²) < 4.78 is 25.9. The maximum atomic E-state index is 11.7. The first-order chi connectivity index (χ1) is 10.4. The Kier molecular flexibility index (Phi) is 4.38. The first-order valence-corrected chi connectivity index (χ1v) is 9.84. The Balaban J connectivity index is 1.85. The van der Waals surface area contributed by atoms with Crippen molar-refractivity contribution in [2.45, 2.75) is 6.42 Å². The molecule has 0 saturated carbocycles. The quantitative estimate of drug-likeness (QED) is 0.799. The van der Waals surface area contributed by atoms with Crippen molar-refractivity contribution in [1.29, 1.82) is 0 Å². The third kappa shape index (κ3) is 3.42. The molecule has 1 aromatic carbocycles. The van der Waals surface area contributed by atoms with Crippen molar-refractivity contribution < 1.29 is 8.42 Å². The van der Waals surface area contributed by atoms with Gasteiger partial charge in [-0.3, -0.25) is 0 Å². The molecule has 0 aliphatic carbocycles. The molecule has 5 nitrogen and oxygen atoms in total. The summed E-state index contributed by atoms with van der Waals surface area (Å²) in [6.45, 7) is 2.57. The second kappa shape index (κ2) is 6.14. The Hall–Kier alpha value is -1.18. The number of hydrogen-bond donors (Lipinski definition) is 0. The van der Waals surface area contributed by atoms with Gasteiger partial charge in [-0.1, -0.05) is 22.0 Å². The molecule has 7 heteroatoms. The van der Waals surface area contributed by atoms with E-state index in [2.05, 4.69) is 26.9 Å². The van der Waals surface area contributed by atoms with Gasteiger partial charge < -0.3 is 4.90 Å². The molecule has 1 fully saturated rings. The van der Waals surface area contributed by atoms with Gasteiger partial charge in [-0.05, 0) is 30.7 Å². The van der Waals surface area contributed by atoms with Gasteiger partial charge in [0.15, 0.2) is 0 Å². The summed E-state index contributed by atoms with van der Waals surface area (Å²) in [6, 6.07) is 10.1. The standard InChI is InChI=1S/C15H18BrN3O2S/c1-22(20,21)19-8-2-7-18(9-10-19)15-6-4-12-3-5-13(16)11-14(12)17-15/h3-6,11H,2,7-10H2,1H3. The summed E-state index contributed by atoms with van der Waals surface area (Å²) in [5.74, 6) is 0.904. The molecule has 2 heterocycles. The summed E-state index contributed by atoms with van der Waals surface area (Å²) in [4.78, 5) is 6.87. The second-order valence-electron chi connectivity index (χ2n) is 5.51. The lowest BCUT2D eigenvalue weighted by molar-refractivity contribution is 0.437. The molecule has 0 spiro atoms. The van der Waals surface area contributed by atoms with E-state index >= 15 is 0 Å². The molecule has 0 atom stereocenters. The highest BCUT2D eigenvalue weighted by atomic mass is 79.9. The minimum Gasteiger partial charge on any atom is -0.355 e. The molecule has 22 heavy (non-hydrogen) atoms. The largest absolute Gasteiger partial charge is 0.355 e. The Morgan fingerprint density at radius 1 is 1.09 bits per heavy atom. The van der Waals surface area contributed by atoms with E-state index in [9.17, 15) is 8.42 Å². The number of benzene rings is 1. The molecular formula is C15H18BrN3O2S. The SMILES string of the molecule is CS(=O)(=O)N1CCCN(c2ccc3ccc(Br)cc3n2)CC1. The van der Waals surface area contributed by atoms with Gasteiger partial charge in [-0.25, -0.2) is 17.7 Å². The number of hydrogen-bond acceptors (Lipinski definition) is 4. The summed E-state index contributed by atoms with van der Waals surface area (Å²) in [5.41, 5.74) is 0.941. The van der Waals surface area contributed by atoms with Crippen LogP contribution in [-0.4, -0.2) is 50.1 Å². The number of halogens is 1.